The second-order valence-electron chi connectivity index (χ2n) is 3.64. The molecule has 0 bridgehead atoms. The van der Waals surface area contributed by atoms with E-state index in [1.54, 1.807) is 0 Å². The van der Waals surface area contributed by atoms with Gasteiger partial charge in [0.05, 0.1) is 0 Å². The molecule has 0 rings (SSSR count). The largest absolute Gasteiger partial charge is 0.396 e. The predicted octanol–water partition coefficient (Wildman–Crippen LogP) is 1.94. The van der Waals surface area contributed by atoms with Crippen LogP contribution >= 0.6 is 0 Å². The quantitative estimate of drug-likeness (QED) is 0.538. The summed E-state index contributed by atoms with van der Waals surface area (Å²) in [6.07, 6.45) is 3.45. The molecule has 0 heterocycles. The molecule has 0 aromatic heterocycles. The molecule has 0 N–H and O–H groups in total. The zero-order valence-electron chi connectivity index (χ0n) is 10.8. The zero-order valence-corrected chi connectivity index (χ0v) is 11.9. The van der Waals surface area contributed by atoms with E-state index in [2.05, 4.69) is 18.7 Å². The molecule has 0 saturated carbocycles. The van der Waals surface area contributed by atoms with Crippen molar-refractivity contribution < 1.29 is 8.85 Å². The van der Waals surface area contributed by atoms with Crippen LogP contribution in [0.5, 0.6) is 0 Å². The third-order valence-electron chi connectivity index (χ3n) is 2.19. The summed E-state index contributed by atoms with van der Waals surface area (Å²) in [6, 6.07) is 0. The lowest BCUT2D eigenvalue weighted by Crippen LogP contribution is -2.40. The predicted molar refractivity (Wildman–Crippen MR) is 67.4 cm³/mol. The molecule has 0 spiro atoms. The van der Waals surface area contributed by atoms with Crippen LogP contribution in [-0.4, -0.2) is 46.7 Å². The smallest absolute Gasteiger partial charge is 0.335 e. The summed E-state index contributed by atoms with van der Waals surface area (Å²) in [5.74, 6) is 0. The highest BCUT2D eigenvalue weighted by Crippen LogP contribution is 1.99. The number of rotatable bonds is 10. The minimum absolute atomic E-state index is 0.781. The minimum atomic E-state index is -1.43. The molecule has 0 atom stereocenters. The van der Waals surface area contributed by atoms with Crippen LogP contribution in [0.4, 0.5) is 0 Å². The minimum Gasteiger partial charge on any atom is -0.396 e. The number of hydrogen-bond donors (Lipinski definition) is 0. The Bertz CT molecular complexity index is 110. The van der Waals surface area contributed by atoms with E-state index in [-0.39, 0.29) is 0 Å². The molecule has 0 unspecified atom stereocenters. The van der Waals surface area contributed by atoms with Gasteiger partial charge in [0.2, 0.25) is 0 Å². The van der Waals surface area contributed by atoms with Gasteiger partial charge < -0.3 is 13.8 Å². The van der Waals surface area contributed by atoms with Gasteiger partial charge in [-0.2, -0.15) is 0 Å². The van der Waals surface area contributed by atoms with Crippen molar-refractivity contribution in [3.8, 4) is 0 Å². The zero-order chi connectivity index (χ0) is 11.5. The van der Waals surface area contributed by atoms with E-state index in [1.165, 1.54) is 12.8 Å². The van der Waals surface area contributed by atoms with Crippen molar-refractivity contribution in [1.82, 2.24) is 4.90 Å². The number of nitrogens with zero attached hydrogens (tertiary/aromatic N) is 1. The molecule has 0 amide bonds. The van der Waals surface area contributed by atoms with E-state index in [4.69, 9.17) is 8.85 Å². The molecule has 0 aliphatic rings. The van der Waals surface area contributed by atoms with E-state index in [1.807, 2.05) is 13.8 Å². The summed E-state index contributed by atoms with van der Waals surface area (Å²) in [5.41, 5.74) is 0. The van der Waals surface area contributed by atoms with Gasteiger partial charge in [0, 0.05) is 19.4 Å². The molecule has 0 aliphatic carbocycles. The van der Waals surface area contributed by atoms with Crippen LogP contribution in [0.2, 0.25) is 0 Å². The molecular weight excluding hydrogens is 206 g/mol. The van der Waals surface area contributed by atoms with Gasteiger partial charge in [0.15, 0.2) is 0 Å². The first-order chi connectivity index (χ1) is 7.28. The Kier molecular flexibility index (Phi) is 10.7. The fraction of sp³-hybridized carbons (Fsp3) is 1.00. The average molecular weight is 233 g/mol. The topological polar surface area (TPSA) is 21.7 Å². The normalized spacial score (nSPS) is 11.6. The van der Waals surface area contributed by atoms with Crippen LogP contribution in [0, 0.1) is 0 Å². The summed E-state index contributed by atoms with van der Waals surface area (Å²) in [6.45, 7) is 12.4. The van der Waals surface area contributed by atoms with E-state index in [0.29, 0.717) is 0 Å². The molecule has 3 nitrogen and oxygen atoms in total. The third-order valence-corrected chi connectivity index (χ3v) is 4.42. The van der Waals surface area contributed by atoms with Gasteiger partial charge in [0.1, 0.15) is 0 Å². The van der Waals surface area contributed by atoms with Crippen LogP contribution in [0.15, 0.2) is 0 Å². The Balaban J connectivity index is 3.93. The lowest BCUT2D eigenvalue weighted by Gasteiger charge is -2.25. The molecule has 0 saturated heterocycles. The highest BCUT2D eigenvalue weighted by Gasteiger charge is 2.16. The van der Waals surface area contributed by atoms with E-state index in [9.17, 15) is 0 Å². The Hall–Kier alpha value is 0.0969. The highest BCUT2D eigenvalue weighted by molar-refractivity contribution is 6.44. The highest BCUT2D eigenvalue weighted by atomic mass is 28.3. The second kappa shape index (κ2) is 10.6. The monoisotopic (exact) mass is 233 g/mol. The second-order valence-corrected chi connectivity index (χ2v) is 5.53. The van der Waals surface area contributed by atoms with Gasteiger partial charge in [-0.3, -0.25) is 0 Å². The SMILES string of the molecule is CCCN(CCC)C[SiH](OCC)OCC. The summed E-state index contributed by atoms with van der Waals surface area (Å²) < 4.78 is 11.4. The van der Waals surface area contributed by atoms with Crippen LogP contribution in [0.3, 0.4) is 0 Å². The van der Waals surface area contributed by atoms with Gasteiger partial charge >= 0.3 is 9.28 Å². The van der Waals surface area contributed by atoms with E-state index in [0.717, 1.165) is 32.5 Å². The molecule has 15 heavy (non-hydrogen) atoms. The first kappa shape index (κ1) is 15.1. The van der Waals surface area contributed by atoms with Crippen molar-refractivity contribution in [3.63, 3.8) is 0 Å². The van der Waals surface area contributed by atoms with Crippen LogP contribution in [0.1, 0.15) is 40.5 Å². The van der Waals surface area contributed by atoms with E-state index >= 15 is 0 Å². The van der Waals surface area contributed by atoms with Crippen LogP contribution in [-0.2, 0) is 8.85 Å². The Labute approximate surface area is 96.6 Å². The Morgan fingerprint density at radius 2 is 1.33 bits per heavy atom. The first-order valence-electron chi connectivity index (χ1n) is 6.23. The maximum atomic E-state index is 5.68. The molecule has 0 fully saturated rings. The molecular formula is C11H27NO2Si. The standard InChI is InChI=1S/C11H27NO2Si/c1-5-9-12(10-6-2)11-15(13-7-3)14-8-4/h15H,5-11H2,1-4H3. The van der Waals surface area contributed by atoms with Crippen molar-refractivity contribution in [3.05, 3.63) is 0 Å². The molecule has 0 aliphatic heterocycles. The molecule has 4 heteroatoms. The van der Waals surface area contributed by atoms with Crippen molar-refractivity contribution in [1.29, 1.82) is 0 Å². The lowest BCUT2D eigenvalue weighted by atomic mass is 10.4. The lowest BCUT2D eigenvalue weighted by molar-refractivity contribution is 0.187. The Morgan fingerprint density at radius 1 is 0.867 bits per heavy atom. The van der Waals surface area contributed by atoms with Crippen molar-refractivity contribution in [2.24, 2.45) is 0 Å². The van der Waals surface area contributed by atoms with Gasteiger partial charge in [-0.1, -0.05) is 13.8 Å². The van der Waals surface area contributed by atoms with Gasteiger partial charge in [-0.25, -0.2) is 0 Å². The molecule has 0 aromatic carbocycles. The van der Waals surface area contributed by atoms with Crippen molar-refractivity contribution in [2.45, 2.75) is 40.5 Å². The first-order valence-corrected chi connectivity index (χ1v) is 7.99. The molecule has 0 radical (unpaired) electrons. The fourth-order valence-electron chi connectivity index (χ4n) is 1.66. The van der Waals surface area contributed by atoms with E-state index < -0.39 is 9.28 Å². The average Bonchev–Trinajstić information content (AvgIpc) is 2.19. The maximum absolute atomic E-state index is 5.68. The summed E-state index contributed by atoms with van der Waals surface area (Å²) >= 11 is 0. The summed E-state index contributed by atoms with van der Waals surface area (Å²) in [5, 5.41) is 0. The van der Waals surface area contributed by atoms with Crippen LogP contribution in [0.25, 0.3) is 0 Å². The van der Waals surface area contributed by atoms with Gasteiger partial charge in [0.25, 0.3) is 0 Å². The maximum Gasteiger partial charge on any atom is 0.335 e. The van der Waals surface area contributed by atoms with Gasteiger partial charge in [-0.15, -0.1) is 0 Å². The summed E-state index contributed by atoms with van der Waals surface area (Å²) in [4.78, 5) is 2.47. The number of hydrogen-bond acceptors (Lipinski definition) is 3. The molecule has 0 aromatic rings. The van der Waals surface area contributed by atoms with Crippen molar-refractivity contribution >= 4 is 9.28 Å². The van der Waals surface area contributed by atoms with Crippen molar-refractivity contribution in [2.75, 3.05) is 32.5 Å². The fourth-order valence-corrected chi connectivity index (χ4v) is 3.50. The summed E-state index contributed by atoms with van der Waals surface area (Å²) in [7, 11) is -1.43. The van der Waals surface area contributed by atoms with Crippen LogP contribution < -0.4 is 0 Å². The molecule has 92 valence electrons. The van der Waals surface area contributed by atoms with Gasteiger partial charge in [-0.05, 0) is 39.8 Å². The Morgan fingerprint density at radius 3 is 1.67 bits per heavy atom. The third kappa shape index (κ3) is 7.96.